The Balaban J connectivity index is 0.000000327. The van der Waals surface area contributed by atoms with Crippen molar-refractivity contribution in [3.63, 3.8) is 0 Å². The van der Waals surface area contributed by atoms with Crippen molar-refractivity contribution in [3.8, 4) is 0 Å². The van der Waals surface area contributed by atoms with E-state index in [1.165, 1.54) is 6.42 Å². The topological polar surface area (TPSA) is 81.1 Å². The fraction of sp³-hybridized carbons (Fsp3) is 0.333. The summed E-state index contributed by atoms with van der Waals surface area (Å²) < 4.78 is 0. The first-order valence-electron chi connectivity index (χ1n) is 6.66. The Hall–Kier alpha value is -2.01. The van der Waals surface area contributed by atoms with Crippen LogP contribution in [0.25, 0.3) is 0 Å². The largest absolute Gasteiger partial charge is 0.384 e. The second kappa shape index (κ2) is 10.7. The van der Waals surface area contributed by atoms with E-state index in [2.05, 4.69) is 23.8 Å². The van der Waals surface area contributed by atoms with Crippen LogP contribution in [0.2, 0.25) is 5.02 Å². The van der Waals surface area contributed by atoms with Crippen molar-refractivity contribution in [1.29, 1.82) is 0 Å². The van der Waals surface area contributed by atoms with Gasteiger partial charge in [0.2, 0.25) is 0 Å². The first-order valence-corrected chi connectivity index (χ1v) is 7.04. The molecule has 5 nitrogen and oxygen atoms in total. The zero-order valence-corrected chi connectivity index (χ0v) is 13.8. The lowest BCUT2D eigenvalue weighted by Crippen LogP contribution is -2.08. The van der Waals surface area contributed by atoms with Gasteiger partial charge in [0.05, 0.1) is 0 Å². The Morgan fingerprint density at radius 1 is 1.00 bits per heavy atom. The molecule has 2 heterocycles. The van der Waals surface area contributed by atoms with Crippen LogP contribution < -0.4 is 16.4 Å². The highest BCUT2D eigenvalue weighted by Gasteiger charge is 1.93. The van der Waals surface area contributed by atoms with Crippen molar-refractivity contribution < 1.29 is 0 Å². The third-order valence-corrected chi connectivity index (χ3v) is 2.26. The highest BCUT2D eigenvalue weighted by atomic mass is 35.5. The normalized spacial score (nSPS) is 8.81. The van der Waals surface area contributed by atoms with Gasteiger partial charge >= 0.3 is 0 Å². The quantitative estimate of drug-likeness (QED) is 0.843. The molecule has 0 fully saturated rings. The lowest BCUT2D eigenvalue weighted by molar-refractivity contribution is 1.09. The second-order valence-electron chi connectivity index (χ2n) is 4.44. The van der Waals surface area contributed by atoms with E-state index in [0.29, 0.717) is 16.7 Å². The predicted molar refractivity (Wildman–Crippen MR) is 92.6 cm³/mol. The summed E-state index contributed by atoms with van der Waals surface area (Å²) in [6.45, 7) is 4.25. The molecule has 0 aliphatic carbocycles. The van der Waals surface area contributed by atoms with Gasteiger partial charge in [-0.2, -0.15) is 0 Å². The van der Waals surface area contributed by atoms with Gasteiger partial charge < -0.3 is 16.4 Å². The van der Waals surface area contributed by atoms with Crippen molar-refractivity contribution in [2.24, 2.45) is 0 Å². The average Bonchev–Trinajstić information content (AvgIpc) is 2.40. The van der Waals surface area contributed by atoms with Crippen molar-refractivity contribution in [2.75, 3.05) is 30.5 Å². The maximum absolute atomic E-state index is 5.52. The molecule has 0 aliphatic heterocycles. The van der Waals surface area contributed by atoms with Gasteiger partial charge in [-0.1, -0.05) is 31.9 Å². The summed E-state index contributed by atoms with van der Waals surface area (Å²) >= 11 is 5.52. The van der Waals surface area contributed by atoms with E-state index < -0.39 is 0 Å². The van der Waals surface area contributed by atoms with Gasteiger partial charge in [0.1, 0.15) is 11.6 Å². The molecule has 2 rings (SSSR count). The number of pyridine rings is 2. The molecule has 0 radical (unpaired) electrons. The minimum Gasteiger partial charge on any atom is -0.384 e. The smallest absolute Gasteiger partial charge is 0.125 e. The first-order chi connectivity index (χ1) is 9.90. The van der Waals surface area contributed by atoms with Crippen LogP contribution in [0, 0.1) is 0 Å². The summed E-state index contributed by atoms with van der Waals surface area (Å²) in [5.41, 5.74) is 11.8. The van der Waals surface area contributed by atoms with Gasteiger partial charge in [0, 0.05) is 43.3 Å². The minimum atomic E-state index is 0.456. The summed E-state index contributed by atoms with van der Waals surface area (Å²) in [7, 11) is 3.93. The third-order valence-electron chi connectivity index (χ3n) is 2.02. The summed E-state index contributed by atoms with van der Waals surface area (Å²) in [4.78, 5) is 9.59. The lowest BCUT2D eigenvalue weighted by Gasteiger charge is -2.11. The fourth-order valence-electron chi connectivity index (χ4n) is 1.14. The number of anilines is 3. The molecule has 0 aliphatic rings. The highest BCUT2D eigenvalue weighted by molar-refractivity contribution is 6.30. The molecule has 21 heavy (non-hydrogen) atoms. The molecule has 0 aromatic carbocycles. The number of nitrogens with zero attached hydrogens (tertiary/aromatic N) is 3. The zero-order valence-electron chi connectivity index (χ0n) is 13.0. The SMILES string of the molecule is CCC.CN(C)c1ccnc(N)c1.Nc1cc(Cl)ccn1. The molecule has 0 bridgehead atoms. The van der Waals surface area contributed by atoms with E-state index in [1.807, 2.05) is 31.1 Å². The molecule has 4 N–H and O–H groups in total. The van der Waals surface area contributed by atoms with Crippen LogP contribution in [0.5, 0.6) is 0 Å². The standard InChI is InChI=1S/C7H11N3.C5H5ClN2.C3H8/c1-10(2)6-3-4-9-7(8)5-6;6-4-1-2-8-5(7)3-4;1-3-2/h3-5H,1-2H3,(H2,8,9);1-3H,(H2,7,8);3H2,1-2H3. The van der Waals surface area contributed by atoms with E-state index in [9.17, 15) is 0 Å². The Morgan fingerprint density at radius 2 is 1.48 bits per heavy atom. The summed E-state index contributed by atoms with van der Waals surface area (Å²) in [6, 6.07) is 7.02. The average molecular weight is 310 g/mol. The molecule has 0 amide bonds. The van der Waals surface area contributed by atoms with Crippen molar-refractivity contribution in [2.45, 2.75) is 20.3 Å². The molecule has 0 spiro atoms. The number of hydrogen-bond acceptors (Lipinski definition) is 5. The van der Waals surface area contributed by atoms with Crippen molar-refractivity contribution in [1.82, 2.24) is 9.97 Å². The number of nitrogens with two attached hydrogens (primary N) is 2. The maximum Gasteiger partial charge on any atom is 0.125 e. The van der Waals surface area contributed by atoms with Crippen LogP contribution in [0.1, 0.15) is 20.3 Å². The number of nitrogen functional groups attached to an aromatic ring is 2. The van der Waals surface area contributed by atoms with E-state index in [1.54, 1.807) is 24.5 Å². The van der Waals surface area contributed by atoms with Gasteiger partial charge in [-0.3, -0.25) is 0 Å². The van der Waals surface area contributed by atoms with Crippen LogP contribution in [0.4, 0.5) is 17.3 Å². The van der Waals surface area contributed by atoms with Crippen LogP contribution in [-0.4, -0.2) is 24.1 Å². The molecule has 6 heteroatoms. The molecule has 2 aromatic rings. The Morgan fingerprint density at radius 3 is 1.76 bits per heavy atom. The fourth-order valence-corrected chi connectivity index (χ4v) is 1.30. The van der Waals surface area contributed by atoms with E-state index in [0.717, 1.165) is 5.69 Å². The molecule has 0 saturated carbocycles. The minimum absolute atomic E-state index is 0.456. The summed E-state index contributed by atoms with van der Waals surface area (Å²) in [5.74, 6) is 1.02. The summed E-state index contributed by atoms with van der Waals surface area (Å²) in [5, 5.41) is 0.623. The van der Waals surface area contributed by atoms with E-state index in [4.69, 9.17) is 23.1 Å². The molecular formula is C15H24ClN5. The Kier molecular flexibility index (Phi) is 9.71. The lowest BCUT2D eigenvalue weighted by atomic mass is 10.4. The maximum atomic E-state index is 5.52. The number of hydrogen-bond donors (Lipinski definition) is 2. The molecule has 0 saturated heterocycles. The van der Waals surface area contributed by atoms with Gasteiger partial charge in [-0.15, -0.1) is 0 Å². The van der Waals surface area contributed by atoms with Crippen LogP contribution in [0.3, 0.4) is 0 Å². The van der Waals surface area contributed by atoms with Crippen LogP contribution >= 0.6 is 11.6 Å². The number of aromatic nitrogens is 2. The molecule has 2 aromatic heterocycles. The number of rotatable bonds is 1. The van der Waals surface area contributed by atoms with Crippen LogP contribution in [0.15, 0.2) is 36.7 Å². The van der Waals surface area contributed by atoms with Gasteiger partial charge in [-0.05, 0) is 18.2 Å². The molecule has 0 unspecified atom stereocenters. The number of halogens is 1. The van der Waals surface area contributed by atoms with E-state index >= 15 is 0 Å². The molecule has 0 atom stereocenters. The van der Waals surface area contributed by atoms with Gasteiger partial charge in [0.15, 0.2) is 0 Å². The summed E-state index contributed by atoms with van der Waals surface area (Å²) in [6.07, 6.45) is 4.52. The first kappa shape index (κ1) is 19.0. The van der Waals surface area contributed by atoms with Crippen molar-refractivity contribution >= 4 is 28.9 Å². The van der Waals surface area contributed by atoms with Crippen LogP contribution in [-0.2, 0) is 0 Å². The highest BCUT2D eigenvalue weighted by Crippen LogP contribution is 2.11. The molecule has 116 valence electrons. The zero-order chi connectivity index (χ0) is 16.3. The Bertz CT molecular complexity index is 500. The second-order valence-corrected chi connectivity index (χ2v) is 4.88. The van der Waals surface area contributed by atoms with Crippen molar-refractivity contribution in [3.05, 3.63) is 41.7 Å². The van der Waals surface area contributed by atoms with Gasteiger partial charge in [0.25, 0.3) is 0 Å². The van der Waals surface area contributed by atoms with E-state index in [-0.39, 0.29) is 0 Å². The van der Waals surface area contributed by atoms with Gasteiger partial charge in [-0.25, -0.2) is 9.97 Å². The predicted octanol–water partition coefficient (Wildman–Crippen LogP) is 3.46. The Labute approximate surface area is 132 Å². The third kappa shape index (κ3) is 9.51. The molecular weight excluding hydrogens is 286 g/mol. The monoisotopic (exact) mass is 309 g/mol.